The summed E-state index contributed by atoms with van der Waals surface area (Å²) < 4.78 is 11.1. The Morgan fingerprint density at radius 2 is 2.14 bits per heavy atom. The largest absolute Gasteiger partial charge is 0.378 e. The van der Waals surface area contributed by atoms with Crippen molar-refractivity contribution in [3.8, 4) is 6.07 Å². The van der Waals surface area contributed by atoms with Gasteiger partial charge in [-0.1, -0.05) is 12.1 Å². The third-order valence-corrected chi connectivity index (χ3v) is 4.86. The Bertz CT molecular complexity index is 509. The van der Waals surface area contributed by atoms with Crippen LogP contribution < -0.4 is 5.32 Å². The van der Waals surface area contributed by atoms with Gasteiger partial charge in [0, 0.05) is 32.7 Å². The van der Waals surface area contributed by atoms with Crippen molar-refractivity contribution >= 4 is 0 Å². The van der Waals surface area contributed by atoms with Crippen molar-refractivity contribution in [3.63, 3.8) is 0 Å². The minimum atomic E-state index is -0.125. The maximum atomic E-state index is 8.82. The van der Waals surface area contributed by atoms with Gasteiger partial charge in [0.1, 0.15) is 5.60 Å². The lowest BCUT2D eigenvalue weighted by Gasteiger charge is -2.38. The summed E-state index contributed by atoms with van der Waals surface area (Å²) in [6.45, 7) is 2.37. The van der Waals surface area contributed by atoms with Crippen molar-refractivity contribution in [2.75, 3.05) is 26.9 Å². The quantitative estimate of drug-likeness (QED) is 0.901. The number of ether oxygens (including phenoxy) is 2. The number of nitrogens with zero attached hydrogens (tertiary/aromatic N) is 1. The van der Waals surface area contributed by atoms with Crippen molar-refractivity contribution in [2.45, 2.75) is 36.8 Å². The van der Waals surface area contributed by atoms with Crippen LogP contribution in [0.15, 0.2) is 24.3 Å². The van der Waals surface area contributed by atoms with Crippen LogP contribution in [-0.2, 0) is 9.47 Å². The van der Waals surface area contributed by atoms with Gasteiger partial charge in [-0.2, -0.15) is 5.26 Å². The fourth-order valence-corrected chi connectivity index (χ4v) is 3.18. The third kappa shape index (κ3) is 3.11. The zero-order chi connectivity index (χ0) is 14.7. The molecule has 4 heteroatoms. The molecule has 1 unspecified atom stereocenters. The van der Waals surface area contributed by atoms with E-state index < -0.39 is 0 Å². The zero-order valence-corrected chi connectivity index (χ0v) is 12.5. The Kier molecular flexibility index (Phi) is 4.25. The number of nitriles is 1. The first kappa shape index (κ1) is 14.5. The van der Waals surface area contributed by atoms with Crippen LogP contribution in [0.25, 0.3) is 0 Å². The molecule has 112 valence electrons. The van der Waals surface area contributed by atoms with Gasteiger partial charge in [-0.15, -0.1) is 0 Å². The molecule has 2 aliphatic rings. The Morgan fingerprint density at radius 3 is 2.71 bits per heavy atom. The van der Waals surface area contributed by atoms with Crippen molar-refractivity contribution in [3.05, 3.63) is 35.4 Å². The SMILES string of the molecule is COC1(CNC2CC(c3ccc(C#N)cc3)C2)CCOC1. The summed E-state index contributed by atoms with van der Waals surface area (Å²) in [6, 6.07) is 10.7. The summed E-state index contributed by atoms with van der Waals surface area (Å²) in [5.74, 6) is 0.619. The van der Waals surface area contributed by atoms with Gasteiger partial charge in [0.15, 0.2) is 0 Å². The van der Waals surface area contributed by atoms with Gasteiger partial charge >= 0.3 is 0 Å². The van der Waals surface area contributed by atoms with Gasteiger partial charge in [-0.05, 0) is 36.5 Å². The Hall–Kier alpha value is -1.41. The Labute approximate surface area is 126 Å². The van der Waals surface area contributed by atoms with E-state index in [9.17, 15) is 0 Å². The number of hydrogen-bond donors (Lipinski definition) is 1. The molecule has 1 aliphatic carbocycles. The standard InChI is InChI=1S/C17H22N2O2/c1-20-17(6-7-21-12-17)11-19-16-8-15(9-16)14-4-2-13(10-18)3-5-14/h2-5,15-16,19H,6-9,11-12H2,1H3. The van der Waals surface area contributed by atoms with E-state index in [0.29, 0.717) is 18.6 Å². The maximum absolute atomic E-state index is 8.82. The lowest BCUT2D eigenvalue weighted by atomic mass is 9.75. The van der Waals surface area contributed by atoms with Crippen LogP contribution >= 0.6 is 0 Å². The van der Waals surface area contributed by atoms with Gasteiger partial charge in [0.25, 0.3) is 0 Å². The highest BCUT2D eigenvalue weighted by atomic mass is 16.5. The molecule has 3 rings (SSSR count). The van der Waals surface area contributed by atoms with Gasteiger partial charge in [0.2, 0.25) is 0 Å². The van der Waals surface area contributed by atoms with E-state index in [4.69, 9.17) is 14.7 Å². The minimum absolute atomic E-state index is 0.125. The molecule has 21 heavy (non-hydrogen) atoms. The van der Waals surface area contributed by atoms with E-state index in [1.807, 2.05) is 12.1 Å². The van der Waals surface area contributed by atoms with Crippen LogP contribution in [0, 0.1) is 11.3 Å². The van der Waals surface area contributed by atoms with E-state index in [1.165, 1.54) is 5.56 Å². The zero-order valence-electron chi connectivity index (χ0n) is 12.5. The molecule has 1 N–H and O–H groups in total. The van der Waals surface area contributed by atoms with E-state index in [0.717, 1.165) is 38.0 Å². The van der Waals surface area contributed by atoms with Gasteiger partial charge in [0.05, 0.1) is 18.2 Å². The van der Waals surface area contributed by atoms with Crippen molar-refractivity contribution in [2.24, 2.45) is 0 Å². The second kappa shape index (κ2) is 6.15. The molecule has 1 aromatic rings. The fourth-order valence-electron chi connectivity index (χ4n) is 3.18. The Morgan fingerprint density at radius 1 is 1.38 bits per heavy atom. The molecule has 1 saturated heterocycles. The molecule has 0 radical (unpaired) electrons. The van der Waals surface area contributed by atoms with Gasteiger partial charge < -0.3 is 14.8 Å². The molecular weight excluding hydrogens is 264 g/mol. The average Bonchev–Trinajstić information content (AvgIpc) is 2.96. The number of hydrogen-bond acceptors (Lipinski definition) is 4. The fraction of sp³-hybridized carbons (Fsp3) is 0.588. The first-order valence-corrected chi connectivity index (χ1v) is 7.61. The number of nitrogens with one attached hydrogen (secondary N) is 1. The summed E-state index contributed by atoms with van der Waals surface area (Å²) in [6.07, 6.45) is 3.29. The summed E-state index contributed by atoms with van der Waals surface area (Å²) in [5, 5.41) is 12.4. The van der Waals surface area contributed by atoms with Crippen LogP contribution in [0.2, 0.25) is 0 Å². The Balaban J connectivity index is 1.46. The summed E-state index contributed by atoms with van der Waals surface area (Å²) in [7, 11) is 1.77. The number of benzene rings is 1. The normalized spacial score (nSPS) is 31.6. The minimum Gasteiger partial charge on any atom is -0.378 e. The highest BCUT2D eigenvalue weighted by Gasteiger charge is 2.37. The van der Waals surface area contributed by atoms with E-state index in [-0.39, 0.29) is 5.60 Å². The average molecular weight is 286 g/mol. The van der Waals surface area contributed by atoms with E-state index >= 15 is 0 Å². The summed E-state index contributed by atoms with van der Waals surface area (Å²) >= 11 is 0. The molecule has 0 amide bonds. The van der Waals surface area contributed by atoms with E-state index in [2.05, 4.69) is 23.5 Å². The van der Waals surface area contributed by atoms with Gasteiger partial charge in [-0.3, -0.25) is 0 Å². The van der Waals surface area contributed by atoms with Crippen LogP contribution in [0.3, 0.4) is 0 Å². The summed E-state index contributed by atoms with van der Waals surface area (Å²) in [4.78, 5) is 0. The lowest BCUT2D eigenvalue weighted by molar-refractivity contribution is -0.0196. The summed E-state index contributed by atoms with van der Waals surface area (Å²) in [5.41, 5.74) is 1.95. The highest BCUT2D eigenvalue weighted by molar-refractivity contribution is 5.34. The van der Waals surface area contributed by atoms with Crippen LogP contribution in [0.1, 0.15) is 36.3 Å². The first-order chi connectivity index (χ1) is 10.2. The van der Waals surface area contributed by atoms with Gasteiger partial charge in [-0.25, -0.2) is 0 Å². The van der Waals surface area contributed by atoms with Crippen LogP contribution in [0.4, 0.5) is 0 Å². The molecule has 1 aromatic carbocycles. The number of rotatable bonds is 5. The first-order valence-electron chi connectivity index (χ1n) is 7.61. The molecule has 0 bridgehead atoms. The monoisotopic (exact) mass is 286 g/mol. The maximum Gasteiger partial charge on any atom is 0.106 e. The molecule has 1 aliphatic heterocycles. The molecule has 1 atom stereocenters. The van der Waals surface area contributed by atoms with Crippen LogP contribution in [0.5, 0.6) is 0 Å². The molecule has 2 fully saturated rings. The van der Waals surface area contributed by atoms with Crippen LogP contribution in [-0.4, -0.2) is 38.5 Å². The van der Waals surface area contributed by atoms with Crippen molar-refractivity contribution in [1.29, 1.82) is 5.26 Å². The lowest BCUT2D eigenvalue weighted by Crippen LogP contribution is -2.49. The number of methoxy groups -OCH3 is 1. The second-order valence-corrected chi connectivity index (χ2v) is 6.17. The second-order valence-electron chi connectivity index (χ2n) is 6.17. The predicted molar refractivity (Wildman–Crippen MR) is 80.1 cm³/mol. The highest BCUT2D eigenvalue weighted by Crippen LogP contribution is 2.37. The molecule has 0 aromatic heterocycles. The molecule has 1 saturated carbocycles. The molecular formula is C17H22N2O2. The smallest absolute Gasteiger partial charge is 0.106 e. The van der Waals surface area contributed by atoms with E-state index in [1.54, 1.807) is 7.11 Å². The van der Waals surface area contributed by atoms with Crippen molar-refractivity contribution in [1.82, 2.24) is 5.32 Å². The topological polar surface area (TPSA) is 54.3 Å². The molecule has 4 nitrogen and oxygen atoms in total. The molecule has 0 spiro atoms. The third-order valence-electron chi connectivity index (χ3n) is 4.86. The molecule has 1 heterocycles. The van der Waals surface area contributed by atoms with Crippen molar-refractivity contribution < 1.29 is 9.47 Å². The predicted octanol–water partition coefficient (Wildman–Crippen LogP) is 2.20.